The summed E-state index contributed by atoms with van der Waals surface area (Å²) in [5.41, 5.74) is 2.12. The number of nitro benzene ring substituents is 1. The molecular formula is C16H11N3O4. The van der Waals surface area contributed by atoms with E-state index in [0.29, 0.717) is 22.3 Å². The lowest BCUT2D eigenvalue weighted by Crippen LogP contribution is -1.97. The molecule has 3 rings (SSSR count). The van der Waals surface area contributed by atoms with Crippen molar-refractivity contribution in [3.63, 3.8) is 0 Å². The molecule has 0 saturated carbocycles. The third-order valence-corrected chi connectivity index (χ3v) is 3.35. The van der Waals surface area contributed by atoms with Crippen LogP contribution in [0.4, 0.5) is 17.1 Å². The molecule has 0 aliphatic carbocycles. The molecular weight excluding hydrogens is 298 g/mol. The summed E-state index contributed by atoms with van der Waals surface area (Å²) in [5.74, 6) is -0.999. The van der Waals surface area contributed by atoms with Gasteiger partial charge in [0, 0.05) is 35.1 Å². The lowest BCUT2D eigenvalue weighted by Gasteiger charge is -2.09. The summed E-state index contributed by atoms with van der Waals surface area (Å²) in [6.45, 7) is 0. The lowest BCUT2D eigenvalue weighted by molar-refractivity contribution is -0.384. The number of nitrogens with one attached hydrogen (secondary N) is 1. The Balaban J connectivity index is 2.00. The van der Waals surface area contributed by atoms with Crippen LogP contribution in [0.15, 0.2) is 54.7 Å². The maximum absolute atomic E-state index is 10.9. The molecule has 1 heterocycles. The molecule has 0 saturated heterocycles. The molecule has 23 heavy (non-hydrogen) atoms. The first-order valence-electron chi connectivity index (χ1n) is 6.68. The number of pyridine rings is 1. The topological polar surface area (TPSA) is 105 Å². The zero-order chi connectivity index (χ0) is 16.4. The molecule has 0 bridgehead atoms. The number of aromatic nitrogens is 1. The summed E-state index contributed by atoms with van der Waals surface area (Å²) in [4.78, 5) is 25.5. The Labute approximate surface area is 130 Å². The Morgan fingerprint density at radius 2 is 1.87 bits per heavy atom. The Morgan fingerprint density at radius 3 is 2.52 bits per heavy atom. The van der Waals surface area contributed by atoms with Gasteiger partial charge in [0.05, 0.1) is 16.0 Å². The van der Waals surface area contributed by atoms with E-state index >= 15 is 0 Å². The highest BCUT2D eigenvalue weighted by Crippen LogP contribution is 2.28. The number of carbonyl (C=O) groups is 1. The molecule has 0 aliphatic rings. The van der Waals surface area contributed by atoms with Crippen molar-refractivity contribution in [2.24, 2.45) is 0 Å². The van der Waals surface area contributed by atoms with E-state index < -0.39 is 10.9 Å². The van der Waals surface area contributed by atoms with Crippen LogP contribution in [-0.2, 0) is 0 Å². The fourth-order valence-corrected chi connectivity index (χ4v) is 2.21. The number of aromatic carboxylic acids is 1. The molecule has 7 heteroatoms. The average molecular weight is 309 g/mol. The highest BCUT2D eigenvalue weighted by atomic mass is 16.6. The average Bonchev–Trinajstić information content (AvgIpc) is 2.55. The van der Waals surface area contributed by atoms with Crippen molar-refractivity contribution >= 4 is 33.9 Å². The van der Waals surface area contributed by atoms with Crippen molar-refractivity contribution in [2.45, 2.75) is 0 Å². The van der Waals surface area contributed by atoms with Gasteiger partial charge >= 0.3 is 5.97 Å². The van der Waals surface area contributed by atoms with Gasteiger partial charge in [-0.2, -0.15) is 0 Å². The third kappa shape index (κ3) is 2.93. The van der Waals surface area contributed by atoms with Crippen molar-refractivity contribution in [1.29, 1.82) is 0 Å². The maximum Gasteiger partial charge on any atom is 0.335 e. The molecule has 0 radical (unpaired) electrons. The SMILES string of the molecule is O=C(O)c1ccc(Nc2ccnc3ccc([N+](=O)[O-])cc23)cc1. The zero-order valence-corrected chi connectivity index (χ0v) is 11.8. The lowest BCUT2D eigenvalue weighted by atomic mass is 10.1. The number of nitro groups is 1. The highest BCUT2D eigenvalue weighted by molar-refractivity contribution is 5.94. The van der Waals surface area contributed by atoms with E-state index in [1.54, 1.807) is 30.5 Å². The zero-order valence-electron chi connectivity index (χ0n) is 11.8. The molecule has 0 amide bonds. The normalized spacial score (nSPS) is 10.4. The molecule has 1 aromatic heterocycles. The molecule has 0 fully saturated rings. The van der Waals surface area contributed by atoms with Crippen molar-refractivity contribution < 1.29 is 14.8 Å². The quantitative estimate of drug-likeness (QED) is 0.563. The highest BCUT2D eigenvalue weighted by Gasteiger charge is 2.10. The number of anilines is 2. The van der Waals surface area contributed by atoms with Gasteiger partial charge in [0.15, 0.2) is 0 Å². The van der Waals surface area contributed by atoms with Crippen molar-refractivity contribution in [2.75, 3.05) is 5.32 Å². The Hall–Kier alpha value is -3.48. The maximum atomic E-state index is 10.9. The molecule has 0 atom stereocenters. The molecule has 2 N–H and O–H groups in total. The van der Waals surface area contributed by atoms with Crippen LogP contribution in [0.5, 0.6) is 0 Å². The van der Waals surface area contributed by atoms with Crippen LogP contribution < -0.4 is 5.32 Å². The first-order valence-corrected chi connectivity index (χ1v) is 6.68. The van der Waals surface area contributed by atoms with Crippen LogP contribution >= 0.6 is 0 Å². The van der Waals surface area contributed by atoms with E-state index in [2.05, 4.69) is 10.3 Å². The molecule has 0 spiro atoms. The van der Waals surface area contributed by atoms with Gasteiger partial charge in [-0.05, 0) is 36.4 Å². The minimum absolute atomic E-state index is 0.0187. The van der Waals surface area contributed by atoms with Gasteiger partial charge in [-0.15, -0.1) is 0 Å². The van der Waals surface area contributed by atoms with Crippen LogP contribution in [0.2, 0.25) is 0 Å². The van der Waals surface area contributed by atoms with Gasteiger partial charge in [0.2, 0.25) is 0 Å². The van der Waals surface area contributed by atoms with Crippen LogP contribution in [0.3, 0.4) is 0 Å². The fraction of sp³-hybridized carbons (Fsp3) is 0. The number of rotatable bonds is 4. The third-order valence-electron chi connectivity index (χ3n) is 3.35. The first kappa shape index (κ1) is 14.5. The van der Waals surface area contributed by atoms with Crippen molar-refractivity contribution in [3.8, 4) is 0 Å². The molecule has 3 aromatic rings. The summed E-state index contributed by atoms with van der Waals surface area (Å²) < 4.78 is 0. The van der Waals surface area contributed by atoms with E-state index in [9.17, 15) is 14.9 Å². The Morgan fingerprint density at radius 1 is 1.13 bits per heavy atom. The number of hydrogen-bond donors (Lipinski definition) is 2. The summed E-state index contributed by atoms with van der Waals surface area (Å²) in [6, 6.07) is 12.4. The number of hydrogen-bond acceptors (Lipinski definition) is 5. The second-order valence-corrected chi connectivity index (χ2v) is 4.82. The van der Waals surface area contributed by atoms with Crippen LogP contribution in [0, 0.1) is 10.1 Å². The minimum atomic E-state index is -0.999. The number of carboxylic acid groups (broad SMARTS) is 1. The minimum Gasteiger partial charge on any atom is -0.478 e. The first-order chi connectivity index (χ1) is 11.0. The summed E-state index contributed by atoms with van der Waals surface area (Å²) in [6.07, 6.45) is 1.60. The monoisotopic (exact) mass is 309 g/mol. The number of nitrogens with zero attached hydrogens (tertiary/aromatic N) is 2. The fourth-order valence-electron chi connectivity index (χ4n) is 2.21. The number of benzene rings is 2. The Bertz CT molecular complexity index is 907. The number of fused-ring (bicyclic) bond motifs is 1. The van der Waals surface area contributed by atoms with Crippen molar-refractivity contribution in [3.05, 3.63) is 70.4 Å². The smallest absolute Gasteiger partial charge is 0.335 e. The molecule has 0 aliphatic heterocycles. The second kappa shape index (κ2) is 5.72. The van der Waals surface area contributed by atoms with E-state index in [1.807, 2.05) is 0 Å². The summed E-state index contributed by atoms with van der Waals surface area (Å²) in [7, 11) is 0. The predicted molar refractivity (Wildman–Crippen MR) is 85.1 cm³/mol. The molecule has 0 unspecified atom stereocenters. The van der Waals surface area contributed by atoms with Crippen molar-refractivity contribution in [1.82, 2.24) is 4.98 Å². The predicted octanol–water partition coefficient (Wildman–Crippen LogP) is 3.58. The Kier molecular flexibility index (Phi) is 3.60. The van der Waals surface area contributed by atoms with E-state index in [-0.39, 0.29) is 11.3 Å². The molecule has 7 nitrogen and oxygen atoms in total. The standard InChI is InChI=1S/C16H11N3O4/c20-16(21)10-1-3-11(4-2-10)18-15-7-8-17-14-6-5-12(19(22)23)9-13(14)15/h1-9H,(H,17,18)(H,20,21). The molecule has 114 valence electrons. The van der Waals surface area contributed by atoms with Gasteiger partial charge in [-0.25, -0.2) is 4.79 Å². The number of non-ortho nitro benzene ring substituents is 1. The van der Waals surface area contributed by atoms with Gasteiger partial charge in [-0.3, -0.25) is 15.1 Å². The van der Waals surface area contributed by atoms with E-state index in [0.717, 1.165) is 0 Å². The van der Waals surface area contributed by atoms with Gasteiger partial charge in [0.25, 0.3) is 5.69 Å². The van der Waals surface area contributed by atoms with Gasteiger partial charge < -0.3 is 10.4 Å². The largest absolute Gasteiger partial charge is 0.478 e. The second-order valence-electron chi connectivity index (χ2n) is 4.82. The summed E-state index contributed by atoms with van der Waals surface area (Å²) >= 11 is 0. The van der Waals surface area contributed by atoms with Crippen LogP contribution in [0.1, 0.15) is 10.4 Å². The van der Waals surface area contributed by atoms with E-state index in [1.165, 1.54) is 24.3 Å². The van der Waals surface area contributed by atoms with Gasteiger partial charge in [-0.1, -0.05) is 0 Å². The van der Waals surface area contributed by atoms with E-state index in [4.69, 9.17) is 5.11 Å². The van der Waals surface area contributed by atoms with Crippen LogP contribution in [0.25, 0.3) is 10.9 Å². The number of carboxylic acids is 1. The van der Waals surface area contributed by atoms with Crippen LogP contribution in [-0.4, -0.2) is 21.0 Å². The summed E-state index contributed by atoms with van der Waals surface area (Å²) in [5, 5.41) is 23.6. The molecule has 2 aromatic carbocycles. The van der Waals surface area contributed by atoms with Gasteiger partial charge in [0.1, 0.15) is 0 Å².